The average molecular weight is 407 g/mol. The third kappa shape index (κ3) is 3.71. The van der Waals surface area contributed by atoms with Crippen molar-refractivity contribution in [3.63, 3.8) is 0 Å². The lowest BCUT2D eigenvalue weighted by Crippen LogP contribution is -2.27. The van der Waals surface area contributed by atoms with Gasteiger partial charge in [0.05, 0.1) is 13.2 Å². The number of aromatic nitrogens is 2. The van der Waals surface area contributed by atoms with Crippen molar-refractivity contribution in [2.75, 3.05) is 6.61 Å². The first-order valence-corrected chi connectivity index (χ1v) is 9.38. The highest BCUT2D eigenvalue weighted by atomic mass is 19.1. The molecule has 0 amide bonds. The van der Waals surface area contributed by atoms with E-state index in [0.29, 0.717) is 16.8 Å². The SMILES string of the molecule is CCOC(=O)C1C(=O)/C(=C/c2c[nH]c3ncccc23)OC1=NCc1ccccc1F. The molecule has 3 heterocycles. The fourth-order valence-electron chi connectivity index (χ4n) is 3.16. The summed E-state index contributed by atoms with van der Waals surface area (Å²) in [6, 6.07) is 9.76. The second-order valence-corrected chi connectivity index (χ2v) is 6.55. The number of nitrogens with one attached hydrogen (secondary N) is 1. The van der Waals surface area contributed by atoms with Gasteiger partial charge in [-0.3, -0.25) is 9.59 Å². The first-order chi connectivity index (χ1) is 14.6. The molecule has 30 heavy (non-hydrogen) atoms. The van der Waals surface area contributed by atoms with Crippen LogP contribution < -0.4 is 0 Å². The summed E-state index contributed by atoms with van der Waals surface area (Å²) in [5.74, 6) is -3.19. The number of hydrogen-bond donors (Lipinski definition) is 1. The van der Waals surface area contributed by atoms with E-state index in [1.807, 2.05) is 6.07 Å². The number of carbonyl (C=O) groups is 2. The number of fused-ring (bicyclic) bond motifs is 1. The topological polar surface area (TPSA) is 93.6 Å². The predicted octanol–water partition coefficient (Wildman–Crippen LogP) is 3.42. The quantitative estimate of drug-likeness (QED) is 0.397. The summed E-state index contributed by atoms with van der Waals surface area (Å²) in [6.07, 6.45) is 4.87. The van der Waals surface area contributed by atoms with Crippen molar-refractivity contribution in [1.82, 2.24) is 9.97 Å². The minimum Gasteiger partial charge on any atom is -0.465 e. The molecule has 0 saturated carbocycles. The third-order valence-electron chi connectivity index (χ3n) is 4.62. The second kappa shape index (κ2) is 8.28. The summed E-state index contributed by atoms with van der Waals surface area (Å²) < 4.78 is 24.6. The van der Waals surface area contributed by atoms with Crippen LogP contribution in [-0.4, -0.2) is 34.2 Å². The average Bonchev–Trinajstić information content (AvgIpc) is 3.29. The zero-order valence-corrected chi connectivity index (χ0v) is 16.1. The van der Waals surface area contributed by atoms with Crippen LogP contribution in [-0.2, 0) is 25.6 Å². The molecule has 0 spiro atoms. The zero-order chi connectivity index (χ0) is 21.1. The van der Waals surface area contributed by atoms with E-state index in [1.54, 1.807) is 43.6 Å². The summed E-state index contributed by atoms with van der Waals surface area (Å²) in [6.45, 7) is 1.68. The molecule has 0 aliphatic carbocycles. The molecule has 1 unspecified atom stereocenters. The van der Waals surface area contributed by atoms with Crippen molar-refractivity contribution in [2.24, 2.45) is 10.9 Å². The van der Waals surface area contributed by atoms with E-state index in [9.17, 15) is 14.0 Å². The molecular formula is C22H18FN3O4. The molecule has 1 saturated heterocycles. The van der Waals surface area contributed by atoms with E-state index in [1.165, 1.54) is 12.1 Å². The van der Waals surface area contributed by atoms with Crippen molar-refractivity contribution < 1.29 is 23.5 Å². The van der Waals surface area contributed by atoms with Crippen molar-refractivity contribution in [1.29, 1.82) is 0 Å². The van der Waals surface area contributed by atoms with Crippen molar-refractivity contribution in [2.45, 2.75) is 13.5 Å². The smallest absolute Gasteiger partial charge is 0.326 e. The Hall–Kier alpha value is -3.81. The highest BCUT2D eigenvalue weighted by Crippen LogP contribution is 2.28. The van der Waals surface area contributed by atoms with Crippen LogP contribution in [0.4, 0.5) is 4.39 Å². The highest BCUT2D eigenvalue weighted by Gasteiger charge is 2.44. The first kappa shape index (κ1) is 19.5. The molecule has 1 aliphatic rings. The number of carbonyl (C=O) groups excluding carboxylic acids is 2. The van der Waals surface area contributed by atoms with Gasteiger partial charge in [-0.2, -0.15) is 0 Å². The van der Waals surface area contributed by atoms with Crippen LogP contribution in [0.25, 0.3) is 17.1 Å². The summed E-state index contributed by atoms with van der Waals surface area (Å²) in [5, 5.41) is 0.797. The maximum Gasteiger partial charge on any atom is 0.326 e. The fourth-order valence-corrected chi connectivity index (χ4v) is 3.16. The number of benzene rings is 1. The van der Waals surface area contributed by atoms with Gasteiger partial charge in [0, 0.05) is 28.9 Å². The van der Waals surface area contributed by atoms with E-state index < -0.39 is 23.5 Å². The van der Waals surface area contributed by atoms with Crippen LogP contribution in [0.3, 0.4) is 0 Å². The van der Waals surface area contributed by atoms with Crippen LogP contribution in [0.1, 0.15) is 18.1 Å². The number of rotatable bonds is 5. The molecule has 1 atom stereocenters. The number of nitrogens with zero attached hydrogens (tertiary/aromatic N) is 2. The van der Waals surface area contributed by atoms with Gasteiger partial charge in [-0.25, -0.2) is 14.4 Å². The van der Waals surface area contributed by atoms with Crippen molar-refractivity contribution in [3.8, 4) is 0 Å². The first-order valence-electron chi connectivity index (χ1n) is 9.38. The van der Waals surface area contributed by atoms with Crippen molar-refractivity contribution >= 4 is 34.8 Å². The standard InChI is InChI=1S/C22H18FN3O4/c1-2-29-22(28)18-19(27)17(10-14-12-25-20-15(14)7-5-9-24-20)30-21(18)26-11-13-6-3-4-8-16(13)23/h3-10,12,18H,2,11H2,1H3,(H,24,25)/b17-10-,26-21?. The lowest BCUT2D eigenvalue weighted by Gasteiger charge is -2.06. The third-order valence-corrected chi connectivity index (χ3v) is 4.62. The normalized spacial score (nSPS) is 18.9. The Morgan fingerprint density at radius 1 is 1.33 bits per heavy atom. The number of halogens is 1. The van der Waals surface area contributed by atoms with E-state index in [-0.39, 0.29) is 24.8 Å². The lowest BCUT2D eigenvalue weighted by atomic mass is 10.0. The number of H-pyrrole nitrogens is 1. The Balaban J connectivity index is 1.68. The number of Topliss-reactive ketones (excluding diaryl/α,β-unsaturated/α-hetero) is 1. The monoisotopic (exact) mass is 407 g/mol. The molecule has 152 valence electrons. The van der Waals surface area contributed by atoms with Gasteiger partial charge in [0.15, 0.2) is 11.7 Å². The van der Waals surface area contributed by atoms with Crippen LogP contribution in [0.2, 0.25) is 0 Å². The Morgan fingerprint density at radius 2 is 2.17 bits per heavy atom. The molecule has 7 nitrogen and oxygen atoms in total. The van der Waals surface area contributed by atoms with E-state index in [2.05, 4.69) is 15.0 Å². The maximum absolute atomic E-state index is 13.9. The van der Waals surface area contributed by atoms with Crippen LogP contribution in [0.15, 0.2) is 59.5 Å². The van der Waals surface area contributed by atoms with Gasteiger partial charge in [0.2, 0.25) is 11.7 Å². The number of ketones is 1. The van der Waals surface area contributed by atoms with Crippen LogP contribution >= 0.6 is 0 Å². The largest absolute Gasteiger partial charge is 0.465 e. The summed E-state index contributed by atoms with van der Waals surface area (Å²) >= 11 is 0. The van der Waals surface area contributed by atoms with Gasteiger partial charge in [-0.1, -0.05) is 18.2 Å². The number of esters is 1. The number of ether oxygens (including phenoxy) is 2. The fraction of sp³-hybridized carbons (Fsp3) is 0.182. The van der Waals surface area contributed by atoms with Gasteiger partial charge in [-0.05, 0) is 31.2 Å². The maximum atomic E-state index is 13.9. The molecule has 2 aromatic heterocycles. The molecule has 4 rings (SSSR count). The molecule has 1 aromatic carbocycles. The summed E-state index contributed by atoms with van der Waals surface area (Å²) in [7, 11) is 0. The van der Waals surface area contributed by atoms with Crippen LogP contribution in [0, 0.1) is 11.7 Å². The molecule has 1 fully saturated rings. The minimum atomic E-state index is -1.31. The number of aromatic amines is 1. The van der Waals surface area contributed by atoms with Gasteiger partial charge < -0.3 is 14.5 Å². The lowest BCUT2D eigenvalue weighted by molar-refractivity contribution is -0.147. The summed E-state index contributed by atoms with van der Waals surface area (Å²) in [5.41, 5.74) is 1.66. The van der Waals surface area contributed by atoms with Gasteiger partial charge in [0.1, 0.15) is 11.5 Å². The number of pyridine rings is 1. The zero-order valence-electron chi connectivity index (χ0n) is 16.1. The van der Waals surface area contributed by atoms with Gasteiger partial charge >= 0.3 is 5.97 Å². The minimum absolute atomic E-state index is 0.0370. The Kier molecular flexibility index (Phi) is 5.38. The van der Waals surface area contributed by atoms with Crippen LogP contribution in [0.5, 0.6) is 0 Å². The number of hydrogen-bond acceptors (Lipinski definition) is 6. The Labute approximate surface area is 171 Å². The highest BCUT2D eigenvalue weighted by molar-refractivity contribution is 6.27. The molecular weight excluding hydrogens is 389 g/mol. The van der Waals surface area contributed by atoms with E-state index in [0.717, 1.165) is 5.39 Å². The molecule has 0 bridgehead atoms. The van der Waals surface area contributed by atoms with Crippen molar-refractivity contribution in [3.05, 3.63) is 71.5 Å². The molecule has 1 aliphatic heterocycles. The molecule has 1 N–H and O–H groups in total. The molecule has 0 radical (unpaired) electrons. The van der Waals surface area contributed by atoms with E-state index in [4.69, 9.17) is 9.47 Å². The van der Waals surface area contributed by atoms with E-state index >= 15 is 0 Å². The second-order valence-electron chi connectivity index (χ2n) is 6.55. The predicted molar refractivity (Wildman–Crippen MR) is 108 cm³/mol. The summed E-state index contributed by atoms with van der Waals surface area (Å²) in [4.78, 5) is 36.7. The molecule has 3 aromatic rings. The number of aliphatic imine (C=N–C) groups is 1. The number of allylic oxidation sites excluding steroid dienone is 1. The Morgan fingerprint density at radius 3 is 2.97 bits per heavy atom. The van der Waals surface area contributed by atoms with Gasteiger partial charge in [0.25, 0.3) is 0 Å². The molecule has 8 heteroatoms. The Bertz CT molecular complexity index is 1180. The van der Waals surface area contributed by atoms with Gasteiger partial charge in [-0.15, -0.1) is 0 Å².